The maximum atomic E-state index is 12.2. The lowest BCUT2D eigenvalue weighted by molar-refractivity contribution is -0.126. The molecule has 4 heteroatoms. The Labute approximate surface area is 140 Å². The molecule has 22 heavy (non-hydrogen) atoms. The molecule has 1 amide bonds. The van der Waals surface area contributed by atoms with E-state index in [1.807, 2.05) is 0 Å². The molecule has 2 atom stereocenters. The second kappa shape index (κ2) is 8.54. The third-order valence-electron chi connectivity index (χ3n) is 4.51. The fraction of sp³-hybridized carbons (Fsp3) is 0.611. The molecule has 2 rings (SSSR count). The number of amides is 1. The second-order valence-electron chi connectivity index (χ2n) is 6.49. The van der Waals surface area contributed by atoms with Crippen LogP contribution in [0.1, 0.15) is 42.0 Å². The SMILES string of the molecule is Cc1cc(C)c(CCNC(=O)[C@H]2CCN[C@@H](C)C2)c(C)c1.Cl. The van der Waals surface area contributed by atoms with Crippen LogP contribution in [0.2, 0.25) is 0 Å². The van der Waals surface area contributed by atoms with Gasteiger partial charge in [-0.3, -0.25) is 4.79 Å². The Balaban J connectivity index is 0.00000242. The highest BCUT2D eigenvalue weighted by Gasteiger charge is 2.24. The molecule has 0 radical (unpaired) electrons. The van der Waals surface area contributed by atoms with Crippen molar-refractivity contribution in [2.75, 3.05) is 13.1 Å². The van der Waals surface area contributed by atoms with E-state index in [2.05, 4.69) is 50.5 Å². The van der Waals surface area contributed by atoms with Gasteiger partial charge in [0.15, 0.2) is 0 Å². The Kier molecular flexibility index (Phi) is 7.37. The molecule has 1 aromatic rings. The Hall–Kier alpha value is -1.06. The zero-order chi connectivity index (χ0) is 15.4. The molecular weight excluding hydrogens is 296 g/mol. The summed E-state index contributed by atoms with van der Waals surface area (Å²) in [5.74, 6) is 0.409. The van der Waals surface area contributed by atoms with Crippen molar-refractivity contribution in [3.05, 3.63) is 34.4 Å². The van der Waals surface area contributed by atoms with E-state index in [1.54, 1.807) is 0 Å². The van der Waals surface area contributed by atoms with Gasteiger partial charge in [-0.25, -0.2) is 0 Å². The lowest BCUT2D eigenvalue weighted by atomic mass is 9.92. The lowest BCUT2D eigenvalue weighted by Gasteiger charge is -2.27. The summed E-state index contributed by atoms with van der Waals surface area (Å²) < 4.78 is 0. The monoisotopic (exact) mass is 324 g/mol. The Morgan fingerprint density at radius 2 is 1.91 bits per heavy atom. The first kappa shape index (κ1) is 19.0. The predicted octanol–water partition coefficient (Wildman–Crippen LogP) is 3.08. The van der Waals surface area contributed by atoms with Gasteiger partial charge >= 0.3 is 0 Å². The van der Waals surface area contributed by atoms with Crippen molar-refractivity contribution < 1.29 is 4.79 Å². The van der Waals surface area contributed by atoms with Gasteiger partial charge in [0.05, 0.1) is 0 Å². The van der Waals surface area contributed by atoms with Crippen molar-refractivity contribution in [2.24, 2.45) is 5.92 Å². The van der Waals surface area contributed by atoms with Gasteiger partial charge in [-0.1, -0.05) is 17.7 Å². The quantitative estimate of drug-likeness (QED) is 0.893. The molecule has 1 fully saturated rings. The zero-order valence-electron chi connectivity index (χ0n) is 14.2. The van der Waals surface area contributed by atoms with E-state index in [0.717, 1.165) is 32.4 Å². The zero-order valence-corrected chi connectivity index (χ0v) is 15.0. The van der Waals surface area contributed by atoms with Crippen molar-refractivity contribution in [3.8, 4) is 0 Å². The molecule has 0 spiro atoms. The average Bonchev–Trinajstić information content (AvgIpc) is 2.41. The van der Waals surface area contributed by atoms with Crippen molar-refractivity contribution in [1.29, 1.82) is 0 Å². The molecule has 0 bridgehead atoms. The van der Waals surface area contributed by atoms with E-state index in [0.29, 0.717) is 6.04 Å². The number of rotatable bonds is 4. The summed E-state index contributed by atoms with van der Waals surface area (Å²) in [4.78, 5) is 12.2. The number of aryl methyl sites for hydroxylation is 3. The molecule has 124 valence electrons. The molecule has 1 aliphatic heterocycles. The first-order chi connectivity index (χ1) is 9.97. The molecule has 1 aromatic carbocycles. The van der Waals surface area contributed by atoms with Crippen LogP contribution >= 0.6 is 12.4 Å². The fourth-order valence-corrected chi connectivity index (χ4v) is 3.43. The van der Waals surface area contributed by atoms with Crippen molar-refractivity contribution >= 4 is 18.3 Å². The minimum absolute atomic E-state index is 0. The molecule has 3 nitrogen and oxygen atoms in total. The van der Waals surface area contributed by atoms with E-state index < -0.39 is 0 Å². The van der Waals surface area contributed by atoms with Crippen LogP contribution in [0.5, 0.6) is 0 Å². The average molecular weight is 325 g/mol. The van der Waals surface area contributed by atoms with Crippen LogP contribution < -0.4 is 10.6 Å². The Morgan fingerprint density at radius 3 is 2.50 bits per heavy atom. The van der Waals surface area contributed by atoms with Gasteiger partial charge < -0.3 is 10.6 Å². The number of hydrogen-bond acceptors (Lipinski definition) is 2. The molecule has 0 aliphatic carbocycles. The number of carbonyl (C=O) groups excluding carboxylic acids is 1. The van der Waals surface area contributed by atoms with Crippen molar-refractivity contribution in [1.82, 2.24) is 10.6 Å². The van der Waals surface area contributed by atoms with E-state index in [-0.39, 0.29) is 24.2 Å². The highest BCUT2D eigenvalue weighted by Crippen LogP contribution is 2.18. The molecular formula is C18H29ClN2O. The molecule has 0 unspecified atom stereocenters. The van der Waals surface area contributed by atoms with Gasteiger partial charge in [-0.05, 0) is 70.2 Å². The van der Waals surface area contributed by atoms with E-state index in [9.17, 15) is 4.79 Å². The number of benzene rings is 1. The Bertz CT molecular complexity index is 493. The van der Waals surface area contributed by atoms with Crippen LogP contribution in [-0.4, -0.2) is 25.0 Å². The summed E-state index contributed by atoms with van der Waals surface area (Å²) in [5, 5.41) is 6.51. The van der Waals surface area contributed by atoms with Crippen LogP contribution in [-0.2, 0) is 11.2 Å². The van der Waals surface area contributed by atoms with Crippen LogP contribution in [0.25, 0.3) is 0 Å². The summed E-state index contributed by atoms with van der Waals surface area (Å²) in [6, 6.07) is 4.90. The predicted molar refractivity (Wildman–Crippen MR) is 94.8 cm³/mol. The van der Waals surface area contributed by atoms with Gasteiger partial charge in [0.25, 0.3) is 0 Å². The number of piperidine rings is 1. The summed E-state index contributed by atoms with van der Waals surface area (Å²) in [5.41, 5.74) is 5.34. The highest BCUT2D eigenvalue weighted by atomic mass is 35.5. The fourth-order valence-electron chi connectivity index (χ4n) is 3.43. The van der Waals surface area contributed by atoms with Crippen molar-refractivity contribution in [2.45, 2.75) is 53.0 Å². The molecule has 0 aromatic heterocycles. The summed E-state index contributed by atoms with van der Waals surface area (Å²) in [7, 11) is 0. The first-order valence-corrected chi connectivity index (χ1v) is 8.05. The van der Waals surface area contributed by atoms with E-state index in [4.69, 9.17) is 0 Å². The molecule has 2 N–H and O–H groups in total. The lowest BCUT2D eigenvalue weighted by Crippen LogP contribution is -2.42. The molecule has 1 aliphatic rings. The van der Waals surface area contributed by atoms with Crippen LogP contribution in [0.3, 0.4) is 0 Å². The van der Waals surface area contributed by atoms with Crippen molar-refractivity contribution in [3.63, 3.8) is 0 Å². The second-order valence-corrected chi connectivity index (χ2v) is 6.49. The van der Waals surface area contributed by atoms with Crippen LogP contribution in [0.15, 0.2) is 12.1 Å². The number of nitrogens with one attached hydrogen (secondary N) is 2. The van der Waals surface area contributed by atoms with Gasteiger partial charge in [-0.2, -0.15) is 0 Å². The standard InChI is InChI=1S/C18H28N2O.ClH/c1-12-9-13(2)17(14(3)10-12)6-8-20-18(21)16-5-7-19-15(4)11-16;/h9-10,15-16,19H,5-8,11H2,1-4H3,(H,20,21);1H/t15-,16-;/m0./s1. The first-order valence-electron chi connectivity index (χ1n) is 8.05. The summed E-state index contributed by atoms with van der Waals surface area (Å²) in [6.45, 7) is 10.3. The van der Waals surface area contributed by atoms with E-state index >= 15 is 0 Å². The molecule has 1 heterocycles. The minimum Gasteiger partial charge on any atom is -0.356 e. The number of hydrogen-bond donors (Lipinski definition) is 2. The smallest absolute Gasteiger partial charge is 0.223 e. The van der Waals surface area contributed by atoms with Gasteiger partial charge in [-0.15, -0.1) is 12.4 Å². The third-order valence-corrected chi connectivity index (χ3v) is 4.51. The molecule has 1 saturated heterocycles. The van der Waals surface area contributed by atoms with Gasteiger partial charge in [0.2, 0.25) is 5.91 Å². The largest absolute Gasteiger partial charge is 0.356 e. The highest BCUT2D eigenvalue weighted by molar-refractivity contribution is 5.85. The maximum absolute atomic E-state index is 12.2. The van der Waals surface area contributed by atoms with Gasteiger partial charge in [0.1, 0.15) is 0 Å². The summed E-state index contributed by atoms with van der Waals surface area (Å²) >= 11 is 0. The topological polar surface area (TPSA) is 41.1 Å². The van der Waals surface area contributed by atoms with Gasteiger partial charge in [0, 0.05) is 18.5 Å². The maximum Gasteiger partial charge on any atom is 0.223 e. The molecule has 0 saturated carbocycles. The summed E-state index contributed by atoms with van der Waals surface area (Å²) in [6.07, 6.45) is 2.83. The minimum atomic E-state index is 0. The number of carbonyl (C=O) groups is 1. The van der Waals surface area contributed by atoms with E-state index in [1.165, 1.54) is 22.3 Å². The Morgan fingerprint density at radius 1 is 1.27 bits per heavy atom. The normalized spacial score (nSPS) is 21.1. The number of halogens is 1. The van der Waals surface area contributed by atoms with Crippen LogP contribution in [0.4, 0.5) is 0 Å². The third kappa shape index (κ3) is 4.99. The van der Waals surface area contributed by atoms with Crippen LogP contribution in [0, 0.1) is 26.7 Å².